The van der Waals surface area contributed by atoms with Gasteiger partial charge in [0.05, 0.1) is 28.2 Å². The summed E-state index contributed by atoms with van der Waals surface area (Å²) in [5.74, 6) is -2.74. The molecule has 34 heavy (non-hydrogen) atoms. The summed E-state index contributed by atoms with van der Waals surface area (Å²) in [5, 5.41) is 4.13. The van der Waals surface area contributed by atoms with Gasteiger partial charge in [-0.2, -0.15) is 18.3 Å². The number of rotatable bonds is 5. The maximum absolute atomic E-state index is 13.1. The van der Waals surface area contributed by atoms with Gasteiger partial charge >= 0.3 is 12.1 Å². The zero-order chi connectivity index (χ0) is 25.2. The maximum atomic E-state index is 13.1. The van der Waals surface area contributed by atoms with Crippen LogP contribution in [0.25, 0.3) is 5.69 Å². The Balaban J connectivity index is 1.78. The van der Waals surface area contributed by atoms with Crippen LogP contribution < -0.4 is 15.8 Å². The molecule has 0 aliphatic heterocycles. The standard InChI is InChI=1S/C23H22F3N5O3/c1-13-19(14(2)31(29-13)18-10-6-8-16(12-18)23(24,25)26)20(32)22(34)28-27-21(33)15-7-5-9-17(11-15)30(3)4/h5-12H,1-4H3,(H,27,33)(H,28,34). The molecule has 2 amide bonds. The molecule has 1 aromatic heterocycles. The summed E-state index contributed by atoms with van der Waals surface area (Å²) in [4.78, 5) is 39.3. The predicted molar refractivity (Wildman–Crippen MR) is 119 cm³/mol. The second-order valence-electron chi connectivity index (χ2n) is 7.69. The molecule has 0 radical (unpaired) electrons. The summed E-state index contributed by atoms with van der Waals surface area (Å²) >= 11 is 0. The van der Waals surface area contributed by atoms with Crippen LogP contribution in [-0.2, 0) is 11.0 Å². The number of Topliss-reactive ketones (excluding diaryl/α,β-unsaturated/α-hetero) is 1. The fourth-order valence-corrected chi connectivity index (χ4v) is 3.32. The molecule has 8 nitrogen and oxygen atoms in total. The molecular formula is C23H22F3N5O3. The van der Waals surface area contributed by atoms with E-state index in [1.54, 1.807) is 29.2 Å². The van der Waals surface area contributed by atoms with E-state index in [0.29, 0.717) is 0 Å². The SMILES string of the molecule is Cc1nn(-c2cccc(C(F)(F)F)c2)c(C)c1C(=O)C(=O)NNC(=O)c1cccc(N(C)C)c1. The lowest BCUT2D eigenvalue weighted by Crippen LogP contribution is -2.45. The van der Waals surface area contributed by atoms with Gasteiger partial charge in [0, 0.05) is 25.3 Å². The minimum atomic E-state index is -4.55. The summed E-state index contributed by atoms with van der Waals surface area (Å²) in [6, 6.07) is 11.1. The van der Waals surface area contributed by atoms with E-state index in [1.807, 2.05) is 14.1 Å². The highest BCUT2D eigenvalue weighted by molar-refractivity contribution is 6.43. The number of nitrogens with zero attached hydrogens (tertiary/aromatic N) is 3. The van der Waals surface area contributed by atoms with Gasteiger partial charge in [0.25, 0.3) is 11.7 Å². The van der Waals surface area contributed by atoms with Gasteiger partial charge in [-0.3, -0.25) is 25.2 Å². The van der Waals surface area contributed by atoms with Gasteiger partial charge in [0.2, 0.25) is 0 Å². The number of amides is 2. The van der Waals surface area contributed by atoms with Crippen LogP contribution in [0.5, 0.6) is 0 Å². The van der Waals surface area contributed by atoms with Crippen molar-refractivity contribution in [2.75, 3.05) is 19.0 Å². The van der Waals surface area contributed by atoms with Crippen molar-refractivity contribution in [1.29, 1.82) is 0 Å². The van der Waals surface area contributed by atoms with E-state index in [4.69, 9.17) is 0 Å². The van der Waals surface area contributed by atoms with Crippen LogP contribution >= 0.6 is 0 Å². The third-order valence-electron chi connectivity index (χ3n) is 5.06. The molecule has 0 unspecified atom stereocenters. The Hall–Kier alpha value is -4.15. The number of aryl methyl sites for hydroxylation is 1. The van der Waals surface area contributed by atoms with Crippen LogP contribution in [-0.4, -0.2) is 41.5 Å². The van der Waals surface area contributed by atoms with Gasteiger partial charge in [0.15, 0.2) is 0 Å². The summed E-state index contributed by atoms with van der Waals surface area (Å²) in [5.41, 5.74) is 4.77. The third kappa shape index (κ3) is 5.08. The zero-order valence-corrected chi connectivity index (χ0v) is 18.8. The number of nitrogens with one attached hydrogen (secondary N) is 2. The first-order valence-electron chi connectivity index (χ1n) is 10.1. The van der Waals surface area contributed by atoms with Crippen molar-refractivity contribution < 1.29 is 27.6 Å². The van der Waals surface area contributed by atoms with Gasteiger partial charge < -0.3 is 4.90 Å². The molecule has 0 aliphatic carbocycles. The highest BCUT2D eigenvalue weighted by Gasteiger charge is 2.31. The van der Waals surface area contributed by atoms with Crippen LogP contribution in [0.3, 0.4) is 0 Å². The smallest absolute Gasteiger partial charge is 0.378 e. The van der Waals surface area contributed by atoms with Crippen molar-refractivity contribution in [1.82, 2.24) is 20.6 Å². The highest BCUT2D eigenvalue weighted by Crippen LogP contribution is 2.31. The molecule has 0 bridgehead atoms. The number of hydrogen-bond acceptors (Lipinski definition) is 5. The molecule has 0 atom stereocenters. The first-order chi connectivity index (χ1) is 15.9. The Labute approximate surface area is 193 Å². The van der Waals surface area contributed by atoms with Crippen molar-refractivity contribution >= 4 is 23.3 Å². The Morgan fingerprint density at radius 3 is 2.29 bits per heavy atom. The molecule has 3 aromatic rings. The van der Waals surface area contributed by atoms with Crippen molar-refractivity contribution in [3.8, 4) is 5.69 Å². The zero-order valence-electron chi connectivity index (χ0n) is 18.8. The van der Waals surface area contributed by atoms with E-state index >= 15 is 0 Å². The summed E-state index contributed by atoms with van der Waals surface area (Å²) in [7, 11) is 3.61. The molecule has 0 saturated heterocycles. The normalized spacial score (nSPS) is 11.1. The number of ketones is 1. The van der Waals surface area contributed by atoms with Crippen LogP contribution in [0.15, 0.2) is 48.5 Å². The van der Waals surface area contributed by atoms with Crippen molar-refractivity contribution in [3.05, 3.63) is 76.6 Å². The van der Waals surface area contributed by atoms with E-state index in [2.05, 4.69) is 16.0 Å². The largest absolute Gasteiger partial charge is 0.416 e. The Bertz CT molecular complexity index is 1260. The van der Waals surface area contributed by atoms with E-state index in [-0.39, 0.29) is 28.2 Å². The van der Waals surface area contributed by atoms with Gasteiger partial charge in [-0.15, -0.1) is 0 Å². The molecule has 1 heterocycles. The number of aromatic nitrogens is 2. The molecule has 0 spiro atoms. The molecule has 178 valence electrons. The molecule has 2 N–H and O–H groups in total. The number of carbonyl (C=O) groups is 3. The van der Waals surface area contributed by atoms with Crippen LogP contribution in [0.2, 0.25) is 0 Å². The Morgan fingerprint density at radius 2 is 1.65 bits per heavy atom. The van der Waals surface area contributed by atoms with Crippen molar-refractivity contribution in [2.24, 2.45) is 0 Å². The number of benzene rings is 2. The number of alkyl halides is 3. The number of anilines is 1. The number of halogens is 3. The highest BCUT2D eigenvalue weighted by atomic mass is 19.4. The number of carbonyl (C=O) groups excluding carboxylic acids is 3. The second-order valence-corrected chi connectivity index (χ2v) is 7.69. The lowest BCUT2D eigenvalue weighted by Gasteiger charge is -2.13. The number of hydrazine groups is 1. The first kappa shape index (κ1) is 24.5. The fourth-order valence-electron chi connectivity index (χ4n) is 3.32. The van der Waals surface area contributed by atoms with E-state index in [0.717, 1.165) is 22.5 Å². The van der Waals surface area contributed by atoms with Gasteiger partial charge in [-0.1, -0.05) is 12.1 Å². The van der Waals surface area contributed by atoms with Crippen molar-refractivity contribution in [3.63, 3.8) is 0 Å². The fraction of sp³-hybridized carbons (Fsp3) is 0.217. The lowest BCUT2D eigenvalue weighted by atomic mass is 10.1. The lowest BCUT2D eigenvalue weighted by molar-refractivity contribution is -0.137. The van der Waals surface area contributed by atoms with E-state index in [1.165, 1.54) is 26.0 Å². The maximum Gasteiger partial charge on any atom is 0.416 e. The average Bonchev–Trinajstić information content (AvgIpc) is 3.10. The summed E-state index contributed by atoms with van der Waals surface area (Å²) in [6.45, 7) is 2.93. The Kier molecular flexibility index (Phi) is 6.75. The molecule has 0 aliphatic rings. The molecule has 0 fully saturated rings. The van der Waals surface area contributed by atoms with Gasteiger partial charge in [-0.05, 0) is 50.2 Å². The average molecular weight is 473 g/mol. The molecular weight excluding hydrogens is 451 g/mol. The molecule has 2 aromatic carbocycles. The van der Waals surface area contributed by atoms with Crippen LogP contribution in [0, 0.1) is 13.8 Å². The van der Waals surface area contributed by atoms with Crippen LogP contribution in [0.4, 0.5) is 18.9 Å². The second kappa shape index (κ2) is 9.38. The molecule has 11 heteroatoms. The minimum absolute atomic E-state index is 0.0706. The predicted octanol–water partition coefficient (Wildman–Crippen LogP) is 3.22. The first-order valence-corrected chi connectivity index (χ1v) is 10.1. The van der Waals surface area contributed by atoms with Crippen molar-refractivity contribution in [2.45, 2.75) is 20.0 Å². The van der Waals surface area contributed by atoms with E-state index in [9.17, 15) is 27.6 Å². The summed E-state index contributed by atoms with van der Waals surface area (Å²) in [6.07, 6.45) is -4.55. The topological polar surface area (TPSA) is 96.3 Å². The van der Waals surface area contributed by atoms with E-state index < -0.39 is 29.3 Å². The Morgan fingerprint density at radius 1 is 0.971 bits per heavy atom. The van der Waals surface area contributed by atoms with Gasteiger partial charge in [-0.25, -0.2) is 4.68 Å². The minimum Gasteiger partial charge on any atom is -0.378 e. The quantitative estimate of drug-likeness (QED) is 0.337. The van der Waals surface area contributed by atoms with Gasteiger partial charge in [0.1, 0.15) is 0 Å². The monoisotopic (exact) mass is 473 g/mol. The third-order valence-corrected chi connectivity index (χ3v) is 5.06. The summed E-state index contributed by atoms with van der Waals surface area (Å²) < 4.78 is 40.4. The molecule has 0 saturated carbocycles. The molecule has 3 rings (SSSR count). The number of hydrogen-bond donors (Lipinski definition) is 2. The van der Waals surface area contributed by atoms with Crippen LogP contribution in [0.1, 0.15) is 37.7 Å².